The summed E-state index contributed by atoms with van der Waals surface area (Å²) in [6, 6.07) is 4.54. The van der Waals surface area contributed by atoms with Gasteiger partial charge in [-0.25, -0.2) is 17.7 Å². The highest BCUT2D eigenvalue weighted by Gasteiger charge is 2.31. The molecule has 1 saturated heterocycles. The minimum Gasteiger partial charge on any atom is -0.497 e. The molecule has 0 saturated carbocycles. The average molecular weight is 436 g/mol. The summed E-state index contributed by atoms with van der Waals surface area (Å²) in [6.07, 6.45) is 3.60. The molecule has 3 rings (SSSR count). The van der Waals surface area contributed by atoms with Crippen LogP contribution in [0.25, 0.3) is 0 Å². The number of benzene rings is 1. The van der Waals surface area contributed by atoms with Crippen molar-refractivity contribution in [2.45, 2.75) is 18.9 Å². The molecule has 1 fully saturated rings. The van der Waals surface area contributed by atoms with E-state index in [1.165, 1.54) is 30.8 Å². The molecule has 30 heavy (non-hydrogen) atoms. The highest BCUT2D eigenvalue weighted by Crippen LogP contribution is 2.29. The van der Waals surface area contributed by atoms with Crippen molar-refractivity contribution in [1.82, 2.24) is 15.3 Å². The van der Waals surface area contributed by atoms with Gasteiger partial charge in [-0.1, -0.05) is 0 Å². The van der Waals surface area contributed by atoms with Crippen LogP contribution in [-0.4, -0.2) is 63.8 Å². The molecule has 1 aromatic carbocycles. The van der Waals surface area contributed by atoms with E-state index < -0.39 is 15.8 Å². The molecular weight excluding hydrogens is 410 g/mol. The van der Waals surface area contributed by atoms with Gasteiger partial charge in [0.1, 0.15) is 17.3 Å². The van der Waals surface area contributed by atoms with Gasteiger partial charge < -0.3 is 20.5 Å². The lowest BCUT2D eigenvalue weighted by molar-refractivity contribution is 0.103. The molecule has 0 aliphatic carbocycles. The Morgan fingerprint density at radius 2 is 1.90 bits per heavy atom. The zero-order valence-electron chi connectivity index (χ0n) is 17.1. The summed E-state index contributed by atoms with van der Waals surface area (Å²) in [7, 11) is -0.698. The number of aromatic nitrogens is 2. The minimum absolute atomic E-state index is 0.0453. The normalized spacial score (nSPS) is 14.9. The SMILES string of the molecule is COc1ccc(OC)c(C(=O)c2cnc(N(C3CCNCC3)S(C)(=O)=O)nc2N)c1. The fourth-order valence-electron chi connectivity index (χ4n) is 3.43. The molecule has 0 bridgehead atoms. The maximum absolute atomic E-state index is 13.1. The van der Waals surface area contributed by atoms with Gasteiger partial charge in [0.2, 0.25) is 21.8 Å². The first-order chi connectivity index (χ1) is 14.3. The molecule has 1 aromatic heterocycles. The number of methoxy groups -OCH3 is 2. The third-order valence-electron chi connectivity index (χ3n) is 4.90. The van der Waals surface area contributed by atoms with Gasteiger partial charge in [0.25, 0.3) is 0 Å². The summed E-state index contributed by atoms with van der Waals surface area (Å²) >= 11 is 0. The van der Waals surface area contributed by atoms with Crippen LogP contribution < -0.4 is 24.8 Å². The van der Waals surface area contributed by atoms with E-state index in [1.54, 1.807) is 12.1 Å². The highest BCUT2D eigenvalue weighted by molar-refractivity contribution is 7.92. The highest BCUT2D eigenvalue weighted by atomic mass is 32.2. The van der Waals surface area contributed by atoms with Gasteiger partial charge in [0.15, 0.2) is 0 Å². The summed E-state index contributed by atoms with van der Waals surface area (Å²) < 4.78 is 36.5. The number of nitrogens with one attached hydrogen (secondary N) is 1. The summed E-state index contributed by atoms with van der Waals surface area (Å²) in [5, 5.41) is 3.19. The van der Waals surface area contributed by atoms with Crippen LogP contribution >= 0.6 is 0 Å². The molecule has 10 nitrogen and oxygen atoms in total. The van der Waals surface area contributed by atoms with Crippen LogP contribution in [0.15, 0.2) is 24.4 Å². The summed E-state index contributed by atoms with van der Waals surface area (Å²) in [5.41, 5.74) is 6.33. The van der Waals surface area contributed by atoms with Crippen LogP contribution in [0, 0.1) is 0 Å². The Morgan fingerprint density at radius 1 is 1.20 bits per heavy atom. The molecule has 0 amide bonds. The summed E-state index contributed by atoms with van der Waals surface area (Å²) in [6.45, 7) is 1.39. The van der Waals surface area contributed by atoms with E-state index >= 15 is 0 Å². The molecule has 3 N–H and O–H groups in total. The number of rotatable bonds is 7. The molecule has 0 radical (unpaired) electrons. The molecule has 0 unspecified atom stereocenters. The second kappa shape index (κ2) is 8.84. The Kier molecular flexibility index (Phi) is 6.42. The van der Waals surface area contributed by atoms with E-state index in [-0.39, 0.29) is 28.9 Å². The van der Waals surface area contributed by atoms with Crippen molar-refractivity contribution < 1.29 is 22.7 Å². The smallest absolute Gasteiger partial charge is 0.241 e. The van der Waals surface area contributed by atoms with Gasteiger partial charge >= 0.3 is 0 Å². The fourth-order valence-corrected chi connectivity index (χ4v) is 4.56. The third-order valence-corrected chi connectivity index (χ3v) is 6.07. The number of nitrogens with two attached hydrogens (primary N) is 1. The number of hydrogen-bond donors (Lipinski definition) is 2. The molecular formula is C19H25N5O5S. The van der Waals surface area contributed by atoms with Crippen LogP contribution in [0.4, 0.5) is 11.8 Å². The Bertz CT molecular complexity index is 1040. The van der Waals surface area contributed by atoms with Gasteiger partial charge in [0.05, 0.1) is 37.6 Å². The molecule has 1 aliphatic rings. The fraction of sp³-hybridized carbons (Fsp3) is 0.421. The maximum Gasteiger partial charge on any atom is 0.241 e. The Balaban J connectivity index is 1.99. The Hall–Kier alpha value is -2.92. The van der Waals surface area contributed by atoms with Gasteiger partial charge in [-0.2, -0.15) is 4.98 Å². The lowest BCUT2D eigenvalue weighted by Gasteiger charge is -2.32. The quantitative estimate of drug-likeness (QED) is 0.606. The van der Waals surface area contributed by atoms with Gasteiger partial charge in [-0.05, 0) is 44.1 Å². The van der Waals surface area contributed by atoms with Crippen LogP contribution in [-0.2, 0) is 10.0 Å². The van der Waals surface area contributed by atoms with Crippen LogP contribution in [0.2, 0.25) is 0 Å². The molecule has 0 spiro atoms. The largest absolute Gasteiger partial charge is 0.497 e. The number of piperidine rings is 1. The monoisotopic (exact) mass is 435 g/mol. The summed E-state index contributed by atoms with van der Waals surface area (Å²) in [4.78, 5) is 21.4. The second-order valence-electron chi connectivity index (χ2n) is 6.90. The van der Waals surface area contributed by atoms with Crippen molar-refractivity contribution in [3.8, 4) is 11.5 Å². The topological polar surface area (TPSA) is 137 Å². The van der Waals surface area contributed by atoms with E-state index in [9.17, 15) is 13.2 Å². The number of nitrogen functional groups attached to an aromatic ring is 1. The van der Waals surface area contributed by atoms with E-state index in [0.717, 1.165) is 6.26 Å². The number of ether oxygens (including phenoxy) is 2. The first-order valence-electron chi connectivity index (χ1n) is 9.35. The molecule has 1 aliphatic heterocycles. The lowest BCUT2D eigenvalue weighted by atomic mass is 10.0. The van der Waals surface area contributed by atoms with Gasteiger partial charge in [0, 0.05) is 6.20 Å². The minimum atomic E-state index is -3.64. The van der Waals surface area contributed by atoms with Crippen molar-refractivity contribution in [2.24, 2.45) is 0 Å². The number of ketones is 1. The predicted octanol–water partition coefficient (Wildman–Crippen LogP) is 0.825. The first-order valence-corrected chi connectivity index (χ1v) is 11.2. The van der Waals surface area contributed by atoms with E-state index in [2.05, 4.69) is 15.3 Å². The zero-order chi connectivity index (χ0) is 21.9. The number of carbonyl (C=O) groups excluding carboxylic acids is 1. The van der Waals surface area contributed by atoms with E-state index in [4.69, 9.17) is 15.2 Å². The standard InChI is InChI=1S/C19H25N5O5S/c1-28-13-4-5-16(29-2)14(10-13)17(25)15-11-22-19(23-18(15)20)24(30(3,26)27)12-6-8-21-9-7-12/h4-5,10-12,21H,6-9H2,1-3H3,(H2,20,22,23). The molecule has 11 heteroatoms. The van der Waals surface area contributed by atoms with Gasteiger partial charge in [-0.3, -0.25) is 4.79 Å². The number of carbonyl (C=O) groups is 1. The number of sulfonamides is 1. The number of nitrogens with zero attached hydrogens (tertiary/aromatic N) is 3. The van der Waals surface area contributed by atoms with Gasteiger partial charge in [-0.15, -0.1) is 0 Å². The van der Waals surface area contributed by atoms with Crippen molar-refractivity contribution in [3.05, 3.63) is 35.5 Å². The average Bonchev–Trinajstić information content (AvgIpc) is 2.73. The van der Waals surface area contributed by atoms with Crippen molar-refractivity contribution >= 4 is 27.6 Å². The molecule has 0 atom stereocenters. The Morgan fingerprint density at radius 3 is 2.47 bits per heavy atom. The zero-order valence-corrected chi connectivity index (χ0v) is 17.9. The third kappa shape index (κ3) is 4.46. The number of anilines is 2. The second-order valence-corrected chi connectivity index (χ2v) is 8.76. The first kappa shape index (κ1) is 21.8. The van der Waals surface area contributed by atoms with Crippen LogP contribution in [0.1, 0.15) is 28.8 Å². The number of hydrogen-bond acceptors (Lipinski definition) is 9. The van der Waals surface area contributed by atoms with Crippen LogP contribution in [0.5, 0.6) is 11.5 Å². The van der Waals surface area contributed by atoms with Crippen LogP contribution in [0.3, 0.4) is 0 Å². The lowest BCUT2D eigenvalue weighted by Crippen LogP contribution is -2.46. The maximum atomic E-state index is 13.1. The molecule has 2 aromatic rings. The van der Waals surface area contributed by atoms with E-state index in [1.807, 2.05) is 0 Å². The Labute approximate surface area is 175 Å². The molecule has 2 heterocycles. The van der Waals surface area contributed by atoms with Crippen molar-refractivity contribution in [2.75, 3.05) is 43.6 Å². The predicted molar refractivity (Wildman–Crippen MR) is 113 cm³/mol. The van der Waals surface area contributed by atoms with Crippen molar-refractivity contribution in [3.63, 3.8) is 0 Å². The summed E-state index contributed by atoms with van der Waals surface area (Å²) in [5.74, 6) is 0.206. The van der Waals surface area contributed by atoms with Crippen molar-refractivity contribution in [1.29, 1.82) is 0 Å². The molecule has 162 valence electrons. The van der Waals surface area contributed by atoms with E-state index in [0.29, 0.717) is 37.4 Å².